The van der Waals surface area contributed by atoms with Crippen molar-refractivity contribution in [1.82, 2.24) is 23.6 Å². The Morgan fingerprint density at radius 2 is 1.72 bits per heavy atom. The summed E-state index contributed by atoms with van der Waals surface area (Å²) < 4.78 is 71.8. The van der Waals surface area contributed by atoms with Crippen molar-refractivity contribution in [3.63, 3.8) is 0 Å². The lowest BCUT2D eigenvalue weighted by atomic mass is 10.2. The van der Waals surface area contributed by atoms with Gasteiger partial charge in [-0.15, -0.1) is 0 Å². The van der Waals surface area contributed by atoms with E-state index in [0.29, 0.717) is 22.9 Å². The quantitative estimate of drug-likeness (QED) is 0.319. The second-order valence-electron chi connectivity index (χ2n) is 8.60. The van der Waals surface area contributed by atoms with E-state index < -0.39 is 31.6 Å². The first-order chi connectivity index (χ1) is 18.3. The first-order valence-electron chi connectivity index (χ1n) is 11.3. The van der Waals surface area contributed by atoms with Crippen molar-refractivity contribution in [2.45, 2.75) is 11.6 Å². The highest BCUT2D eigenvalue weighted by Crippen LogP contribution is 2.23. The van der Waals surface area contributed by atoms with E-state index >= 15 is 4.39 Å². The molecule has 0 saturated heterocycles. The van der Waals surface area contributed by atoms with Crippen molar-refractivity contribution >= 4 is 31.5 Å². The summed E-state index contributed by atoms with van der Waals surface area (Å²) in [5, 5.41) is 6.20. The van der Waals surface area contributed by atoms with E-state index in [2.05, 4.69) is 15.4 Å². The number of hydrogen-bond donors (Lipinski definition) is 1. The van der Waals surface area contributed by atoms with Crippen molar-refractivity contribution in [1.29, 1.82) is 0 Å². The van der Waals surface area contributed by atoms with Gasteiger partial charge in [0, 0.05) is 43.5 Å². The first-order valence-corrected chi connectivity index (χ1v) is 15.0. The molecule has 0 aliphatic rings. The fourth-order valence-electron chi connectivity index (χ4n) is 3.57. The maximum atomic E-state index is 15.1. The van der Waals surface area contributed by atoms with E-state index in [1.807, 2.05) is 0 Å². The number of ether oxygens (including phenoxy) is 1. The van der Waals surface area contributed by atoms with Gasteiger partial charge in [-0.1, -0.05) is 0 Å². The number of sulfonamides is 1. The molecule has 0 unspecified atom stereocenters. The molecule has 4 rings (SSSR count). The number of sulfone groups is 1. The highest BCUT2D eigenvalue weighted by molar-refractivity contribution is 7.90. The van der Waals surface area contributed by atoms with E-state index in [4.69, 9.17) is 4.74 Å². The van der Waals surface area contributed by atoms with Gasteiger partial charge < -0.3 is 14.6 Å². The third-order valence-electron chi connectivity index (χ3n) is 5.74. The molecule has 0 bridgehead atoms. The molecule has 0 aliphatic carbocycles. The number of amides is 1. The van der Waals surface area contributed by atoms with Gasteiger partial charge in [0.15, 0.2) is 14.9 Å². The van der Waals surface area contributed by atoms with Crippen LogP contribution in [0.25, 0.3) is 11.4 Å². The van der Waals surface area contributed by atoms with Crippen molar-refractivity contribution in [2.75, 3.05) is 32.0 Å². The van der Waals surface area contributed by atoms with E-state index in [-0.39, 0.29) is 23.0 Å². The number of imidazole rings is 1. The molecular formula is C24H25FN6O6S2. The molecule has 15 heteroatoms. The predicted octanol–water partition coefficient (Wildman–Crippen LogP) is 2.25. The summed E-state index contributed by atoms with van der Waals surface area (Å²) in [5.41, 5.74) is 0.438. The van der Waals surface area contributed by atoms with Crippen LogP contribution in [0.3, 0.4) is 0 Å². The smallest absolute Gasteiger partial charge is 0.274 e. The minimum Gasteiger partial charge on any atom is -0.497 e. The number of carbonyl (C=O) groups excluding carboxylic acids is 1. The van der Waals surface area contributed by atoms with Crippen LogP contribution in [0.2, 0.25) is 0 Å². The summed E-state index contributed by atoms with van der Waals surface area (Å²) in [6, 6.07) is 11.5. The number of nitrogens with zero attached hydrogens (tertiary/aromatic N) is 5. The van der Waals surface area contributed by atoms with Gasteiger partial charge in [0.1, 0.15) is 23.1 Å². The minimum atomic E-state index is -3.75. The molecule has 0 spiro atoms. The van der Waals surface area contributed by atoms with Crippen molar-refractivity contribution in [2.24, 2.45) is 0 Å². The second-order valence-corrected chi connectivity index (χ2v) is 12.7. The maximum absolute atomic E-state index is 15.1. The summed E-state index contributed by atoms with van der Waals surface area (Å²) in [6.07, 6.45) is 5.04. The zero-order valence-corrected chi connectivity index (χ0v) is 23.0. The summed E-state index contributed by atoms with van der Waals surface area (Å²) >= 11 is 0. The van der Waals surface area contributed by atoms with E-state index in [0.717, 1.165) is 33.6 Å². The number of carbonyl (C=O) groups is 1. The Kier molecular flexibility index (Phi) is 7.59. The van der Waals surface area contributed by atoms with Gasteiger partial charge in [-0.2, -0.15) is 9.40 Å². The van der Waals surface area contributed by atoms with Crippen LogP contribution in [0.4, 0.5) is 10.1 Å². The lowest BCUT2D eigenvalue weighted by Crippen LogP contribution is -2.26. The molecule has 2 aromatic carbocycles. The summed E-state index contributed by atoms with van der Waals surface area (Å²) in [5.74, 6) is -0.670. The van der Waals surface area contributed by atoms with Gasteiger partial charge in [-0.05, 0) is 36.4 Å². The molecule has 0 aliphatic heterocycles. The Bertz CT molecular complexity index is 1750. The number of nitrogens with one attached hydrogen (secondary N) is 1. The monoisotopic (exact) mass is 576 g/mol. The van der Waals surface area contributed by atoms with Crippen LogP contribution in [0.5, 0.6) is 5.75 Å². The fraction of sp³-hybridized carbons (Fsp3) is 0.208. The fourth-order valence-corrected chi connectivity index (χ4v) is 4.47. The average molecular weight is 577 g/mol. The van der Waals surface area contributed by atoms with Crippen LogP contribution in [0.15, 0.2) is 66.0 Å². The maximum Gasteiger partial charge on any atom is 0.274 e. The topological polar surface area (TPSA) is 145 Å². The Morgan fingerprint density at radius 3 is 2.31 bits per heavy atom. The molecule has 4 aromatic rings. The third kappa shape index (κ3) is 6.16. The van der Waals surface area contributed by atoms with Gasteiger partial charge >= 0.3 is 0 Å². The third-order valence-corrected chi connectivity index (χ3v) is 7.96. The van der Waals surface area contributed by atoms with Gasteiger partial charge in [-0.3, -0.25) is 4.79 Å². The molecule has 0 saturated carbocycles. The van der Waals surface area contributed by atoms with Gasteiger partial charge in [0.05, 0.1) is 31.3 Å². The van der Waals surface area contributed by atoms with Crippen LogP contribution in [0, 0.1) is 5.82 Å². The Labute approximate surface area is 224 Å². The molecule has 39 heavy (non-hydrogen) atoms. The van der Waals surface area contributed by atoms with Crippen molar-refractivity contribution in [3.8, 4) is 17.1 Å². The molecule has 2 heterocycles. The Hall–Kier alpha value is -4.08. The van der Waals surface area contributed by atoms with Crippen LogP contribution in [-0.4, -0.2) is 73.0 Å². The highest BCUT2D eigenvalue weighted by Gasteiger charge is 2.23. The SMILES string of the molecule is COc1ccc(-n2nc(S(C)(=O)=O)cc2C(=O)Nc2ccc(-n3ccnc3CN(C)S(C)(=O)=O)cc2F)cc1. The van der Waals surface area contributed by atoms with Crippen LogP contribution in [-0.2, 0) is 26.4 Å². The Morgan fingerprint density at radius 1 is 1.05 bits per heavy atom. The molecule has 1 amide bonds. The van der Waals surface area contributed by atoms with E-state index in [9.17, 15) is 21.6 Å². The van der Waals surface area contributed by atoms with Crippen LogP contribution < -0.4 is 10.1 Å². The van der Waals surface area contributed by atoms with Gasteiger partial charge in [0.2, 0.25) is 10.0 Å². The zero-order chi connectivity index (χ0) is 28.5. The summed E-state index contributed by atoms with van der Waals surface area (Å²) in [4.78, 5) is 17.3. The molecule has 206 valence electrons. The second kappa shape index (κ2) is 10.6. The lowest BCUT2D eigenvalue weighted by Gasteiger charge is -2.15. The van der Waals surface area contributed by atoms with Crippen LogP contribution in [0.1, 0.15) is 16.3 Å². The number of methoxy groups -OCH3 is 1. The van der Waals surface area contributed by atoms with Crippen LogP contribution >= 0.6 is 0 Å². The molecular weight excluding hydrogens is 551 g/mol. The Balaban J connectivity index is 1.63. The molecule has 1 N–H and O–H groups in total. The zero-order valence-electron chi connectivity index (χ0n) is 21.4. The number of aromatic nitrogens is 4. The van der Waals surface area contributed by atoms with Crippen molar-refractivity contribution < 1.29 is 30.8 Å². The first kappa shape index (κ1) is 27.9. The standard InChI is InChI=1S/C24H25FN6O6S2/c1-29(39(4,35)36)15-22-26-11-12-30(22)17-7-10-20(19(25)13-17)27-24(32)21-14-23(38(3,33)34)28-31(21)16-5-8-18(37-2)9-6-16/h5-14H,15H2,1-4H3,(H,27,32). The number of rotatable bonds is 9. The molecule has 2 aromatic heterocycles. The van der Waals surface area contributed by atoms with Gasteiger partial charge in [-0.25, -0.2) is 30.9 Å². The van der Waals surface area contributed by atoms with E-state index in [1.165, 1.54) is 37.1 Å². The lowest BCUT2D eigenvalue weighted by molar-refractivity contribution is 0.101. The number of benzene rings is 2. The molecule has 0 fully saturated rings. The predicted molar refractivity (Wildman–Crippen MR) is 141 cm³/mol. The largest absolute Gasteiger partial charge is 0.497 e. The number of anilines is 1. The number of hydrogen-bond acceptors (Lipinski definition) is 8. The normalized spacial score (nSPS) is 12.1. The van der Waals surface area contributed by atoms with Gasteiger partial charge in [0.25, 0.3) is 5.91 Å². The molecule has 0 radical (unpaired) electrons. The number of halogens is 1. The summed E-state index contributed by atoms with van der Waals surface area (Å²) in [6.45, 7) is -0.0377. The molecule has 0 atom stereocenters. The van der Waals surface area contributed by atoms with E-state index in [1.54, 1.807) is 30.5 Å². The minimum absolute atomic E-state index is 0.0377. The highest BCUT2D eigenvalue weighted by atomic mass is 32.2. The van der Waals surface area contributed by atoms with Crippen molar-refractivity contribution in [3.05, 3.63) is 78.3 Å². The molecule has 12 nitrogen and oxygen atoms in total. The average Bonchev–Trinajstić information content (AvgIpc) is 3.52. The summed E-state index contributed by atoms with van der Waals surface area (Å²) in [7, 11) is -4.32.